The summed E-state index contributed by atoms with van der Waals surface area (Å²) in [5.74, 6) is -1.46. The molecular weight excluding hydrogens is 602 g/mol. The number of nitrogens with one attached hydrogen (secondary N) is 3. The Morgan fingerprint density at radius 1 is 0.915 bits per heavy atom. The molecule has 4 rings (SSSR count). The second-order valence-corrected chi connectivity index (χ2v) is 17.0. The van der Waals surface area contributed by atoms with Crippen LogP contribution in [0.25, 0.3) is 0 Å². The average Bonchev–Trinajstić information content (AvgIpc) is 3.80. The summed E-state index contributed by atoms with van der Waals surface area (Å²) < 4.78 is 10.6. The number of hydrogen-bond donors (Lipinski definition) is 4. The summed E-state index contributed by atoms with van der Waals surface area (Å²) in [6.45, 7) is 21.0. The van der Waals surface area contributed by atoms with Crippen LogP contribution in [0.3, 0.4) is 0 Å². The van der Waals surface area contributed by atoms with Gasteiger partial charge in [0.05, 0.1) is 24.5 Å². The molecule has 1 aliphatic heterocycles. The quantitative estimate of drug-likeness (QED) is 0.152. The number of piperidine rings is 1. The number of Topliss-reactive ketones (excluding diaryl/α,β-unsaturated/α-hetero) is 1. The summed E-state index contributed by atoms with van der Waals surface area (Å²) in [5, 5.41) is 9.43. The van der Waals surface area contributed by atoms with Gasteiger partial charge in [0.1, 0.15) is 18.7 Å². The van der Waals surface area contributed by atoms with E-state index in [1.165, 1.54) is 0 Å². The first kappa shape index (κ1) is 36.5. The van der Waals surface area contributed by atoms with Crippen LogP contribution in [-0.4, -0.2) is 78.5 Å². The van der Waals surface area contributed by atoms with E-state index in [2.05, 4.69) is 36.4 Å². The van der Waals surface area contributed by atoms with Crippen molar-refractivity contribution in [3.8, 4) is 0 Å². The lowest BCUT2D eigenvalue weighted by Gasteiger charge is -2.40. The maximum atomic E-state index is 14.4. The summed E-state index contributed by atoms with van der Waals surface area (Å²) in [5.41, 5.74) is 4.28. The molecule has 4 aliphatic rings. The van der Waals surface area contributed by atoms with Gasteiger partial charge in [0.2, 0.25) is 17.6 Å². The molecule has 1 heterocycles. The number of carbonyl (C=O) groups excluding carboxylic acids is 5. The number of amides is 3. The monoisotopic (exact) mass is 659 g/mol. The van der Waals surface area contributed by atoms with E-state index in [-0.39, 0.29) is 47.1 Å². The number of fused-ring (bicyclic) bond motifs is 1. The van der Waals surface area contributed by atoms with Crippen molar-refractivity contribution in [1.29, 1.82) is 0 Å². The Balaban J connectivity index is 1.46. The fourth-order valence-electron chi connectivity index (χ4n) is 6.95. The Morgan fingerprint density at radius 3 is 2.06 bits per heavy atom. The summed E-state index contributed by atoms with van der Waals surface area (Å²) in [6, 6.07) is -2.91. The zero-order valence-electron chi connectivity index (χ0n) is 29.6. The second kappa shape index (κ2) is 13.7. The van der Waals surface area contributed by atoms with Gasteiger partial charge in [-0.1, -0.05) is 81.2 Å². The number of nitrogens with two attached hydrogens (primary N) is 1. The SMILES string of the molecule is C=C(NC(COC(=O)OCC1CC1)C(C)(C)C)NC(C(=O)N1C[C@H]2[C@@H](C1C(=O)NC(CC1CCC1)C(=O)C(N)=O)C2(C)C)C(C)(C)C. The van der Waals surface area contributed by atoms with Crippen LogP contribution in [0.1, 0.15) is 93.9 Å². The number of primary amides is 1. The van der Waals surface area contributed by atoms with Crippen molar-refractivity contribution < 1.29 is 33.4 Å². The number of ether oxygens (including phenoxy) is 2. The second-order valence-electron chi connectivity index (χ2n) is 17.0. The van der Waals surface area contributed by atoms with Crippen LogP contribution in [0.5, 0.6) is 0 Å². The molecular formula is C35H57N5O7. The number of rotatable bonds is 15. The lowest BCUT2D eigenvalue weighted by atomic mass is 9.80. The minimum atomic E-state index is -1.07. The lowest BCUT2D eigenvalue weighted by Crippen LogP contribution is -2.60. The molecule has 264 valence electrons. The molecule has 3 amide bonds. The van der Waals surface area contributed by atoms with Crippen molar-refractivity contribution in [2.24, 2.45) is 45.7 Å². The van der Waals surface area contributed by atoms with Crippen LogP contribution in [0, 0.1) is 39.9 Å². The zero-order valence-corrected chi connectivity index (χ0v) is 29.6. The Morgan fingerprint density at radius 2 is 1.55 bits per heavy atom. The molecule has 12 heteroatoms. The van der Waals surface area contributed by atoms with Gasteiger partial charge in [0.25, 0.3) is 5.91 Å². The van der Waals surface area contributed by atoms with Crippen LogP contribution < -0.4 is 21.7 Å². The van der Waals surface area contributed by atoms with Gasteiger partial charge in [-0.15, -0.1) is 0 Å². The molecule has 3 aliphatic carbocycles. The molecule has 12 nitrogen and oxygen atoms in total. The molecule has 4 fully saturated rings. The molecule has 0 aromatic heterocycles. The van der Waals surface area contributed by atoms with Crippen molar-refractivity contribution in [3.05, 3.63) is 12.4 Å². The summed E-state index contributed by atoms with van der Waals surface area (Å²) in [7, 11) is 0. The van der Waals surface area contributed by atoms with Gasteiger partial charge >= 0.3 is 6.16 Å². The third-order valence-electron chi connectivity index (χ3n) is 10.8. The third-order valence-corrected chi connectivity index (χ3v) is 10.8. The van der Waals surface area contributed by atoms with Crippen LogP contribution in [0.15, 0.2) is 12.4 Å². The van der Waals surface area contributed by atoms with E-state index in [0.717, 1.165) is 32.1 Å². The number of hydrogen-bond acceptors (Lipinski definition) is 9. The highest BCUT2D eigenvalue weighted by atomic mass is 16.7. The van der Waals surface area contributed by atoms with E-state index < -0.39 is 47.3 Å². The van der Waals surface area contributed by atoms with Gasteiger partial charge in [-0.05, 0) is 59.2 Å². The van der Waals surface area contributed by atoms with Crippen molar-refractivity contribution >= 4 is 29.7 Å². The predicted octanol–water partition coefficient (Wildman–Crippen LogP) is 3.24. The molecule has 4 unspecified atom stereocenters. The highest BCUT2D eigenvalue weighted by molar-refractivity contribution is 6.37. The first-order valence-electron chi connectivity index (χ1n) is 17.2. The van der Waals surface area contributed by atoms with Gasteiger partial charge in [0.15, 0.2) is 0 Å². The minimum absolute atomic E-state index is 0.0424. The van der Waals surface area contributed by atoms with Crippen molar-refractivity contribution in [2.75, 3.05) is 19.8 Å². The van der Waals surface area contributed by atoms with Crippen molar-refractivity contribution in [2.45, 2.75) is 118 Å². The van der Waals surface area contributed by atoms with Crippen molar-refractivity contribution in [1.82, 2.24) is 20.9 Å². The fourth-order valence-corrected chi connectivity index (χ4v) is 6.95. The van der Waals surface area contributed by atoms with Crippen molar-refractivity contribution in [3.63, 3.8) is 0 Å². The Hall–Kier alpha value is -3.31. The lowest BCUT2D eigenvalue weighted by molar-refractivity contribution is -0.145. The van der Waals surface area contributed by atoms with Gasteiger partial charge < -0.3 is 36.1 Å². The summed E-state index contributed by atoms with van der Waals surface area (Å²) >= 11 is 0. The molecule has 0 aromatic carbocycles. The number of carbonyl (C=O) groups is 5. The average molecular weight is 660 g/mol. The normalized spacial score (nSPS) is 25.3. The van der Waals surface area contributed by atoms with Gasteiger partial charge in [-0.2, -0.15) is 0 Å². The van der Waals surface area contributed by atoms with E-state index >= 15 is 0 Å². The van der Waals surface area contributed by atoms with Crippen LogP contribution in [-0.2, 0) is 28.7 Å². The molecule has 3 saturated carbocycles. The maximum absolute atomic E-state index is 14.4. The maximum Gasteiger partial charge on any atom is 0.508 e. The standard InChI is InChI=1S/C35H57N5O7/c1-19(37-24(33(2,3)4)18-47-32(45)46-17-21-13-14-21)38-28(34(5,6)7)31(44)40-16-22-25(35(22,8)9)26(40)30(43)39-23(27(41)29(36)42)15-20-11-10-12-20/h20-26,28,37-38H,1,10-18H2,2-9H3,(H2,36,42)(H,39,43)/t22-,23?,24?,25-,26?,28?/m0/s1. The van der Waals surface area contributed by atoms with E-state index in [1.54, 1.807) is 4.90 Å². The zero-order chi connectivity index (χ0) is 35.1. The Labute approximate surface area is 279 Å². The van der Waals surface area contributed by atoms with Crippen LogP contribution in [0.4, 0.5) is 4.79 Å². The molecule has 5 N–H and O–H groups in total. The largest absolute Gasteiger partial charge is 0.508 e. The molecule has 0 radical (unpaired) electrons. The summed E-state index contributed by atoms with van der Waals surface area (Å²) in [4.78, 5) is 66.8. The van der Waals surface area contributed by atoms with E-state index in [0.29, 0.717) is 31.3 Å². The molecule has 1 saturated heterocycles. The van der Waals surface area contributed by atoms with E-state index in [9.17, 15) is 24.0 Å². The van der Waals surface area contributed by atoms with Gasteiger partial charge in [-0.3, -0.25) is 19.2 Å². The molecule has 0 bridgehead atoms. The van der Waals surface area contributed by atoms with E-state index in [1.807, 2.05) is 41.5 Å². The number of ketones is 1. The summed E-state index contributed by atoms with van der Waals surface area (Å²) in [6.07, 6.45) is 4.72. The molecule has 6 atom stereocenters. The van der Waals surface area contributed by atoms with Crippen LogP contribution >= 0.6 is 0 Å². The Bertz CT molecular complexity index is 1240. The topological polar surface area (TPSA) is 169 Å². The number of nitrogens with zero attached hydrogens (tertiary/aromatic N) is 1. The predicted molar refractivity (Wildman–Crippen MR) is 176 cm³/mol. The first-order valence-corrected chi connectivity index (χ1v) is 17.2. The van der Waals surface area contributed by atoms with Gasteiger partial charge in [-0.25, -0.2) is 4.79 Å². The van der Waals surface area contributed by atoms with Gasteiger partial charge in [0, 0.05) is 6.54 Å². The Kier molecular flexibility index (Phi) is 10.6. The highest BCUT2D eigenvalue weighted by Gasteiger charge is 2.70. The molecule has 0 spiro atoms. The smallest absolute Gasteiger partial charge is 0.434 e. The first-order chi connectivity index (χ1) is 21.7. The third kappa shape index (κ3) is 8.79. The minimum Gasteiger partial charge on any atom is -0.434 e. The van der Waals surface area contributed by atoms with Crippen LogP contribution in [0.2, 0.25) is 0 Å². The fraction of sp³-hybridized carbons (Fsp3) is 0.800. The number of likely N-dealkylation sites (tertiary alicyclic amines) is 1. The molecule has 47 heavy (non-hydrogen) atoms. The highest BCUT2D eigenvalue weighted by Crippen LogP contribution is 2.65. The van der Waals surface area contributed by atoms with E-state index in [4.69, 9.17) is 15.2 Å². The molecule has 0 aromatic rings.